The summed E-state index contributed by atoms with van der Waals surface area (Å²) in [6.45, 7) is 1.91. The van der Waals surface area contributed by atoms with Crippen LogP contribution in [0.5, 0.6) is 0 Å². The quantitative estimate of drug-likeness (QED) is 0.528. The van der Waals surface area contributed by atoms with E-state index in [9.17, 15) is 0 Å². The van der Waals surface area contributed by atoms with E-state index in [4.69, 9.17) is 12.2 Å². The zero-order valence-electron chi connectivity index (χ0n) is 19.3. The van der Waals surface area contributed by atoms with Gasteiger partial charge in [-0.25, -0.2) is 0 Å². The molecule has 0 saturated carbocycles. The summed E-state index contributed by atoms with van der Waals surface area (Å²) in [6, 6.07) is 19.1. The van der Waals surface area contributed by atoms with Crippen molar-refractivity contribution in [3.63, 3.8) is 0 Å². The van der Waals surface area contributed by atoms with E-state index in [1.807, 2.05) is 18.3 Å². The van der Waals surface area contributed by atoms with Crippen LogP contribution in [0, 0.1) is 0 Å². The molecule has 3 aromatic rings. The number of nitrogens with one attached hydrogen (secondary N) is 1. The van der Waals surface area contributed by atoms with Gasteiger partial charge in [0, 0.05) is 50.1 Å². The van der Waals surface area contributed by atoms with Gasteiger partial charge >= 0.3 is 0 Å². The molecule has 6 nitrogen and oxygen atoms in total. The topological polar surface area (TPSA) is 39.6 Å². The molecule has 0 amide bonds. The summed E-state index contributed by atoms with van der Waals surface area (Å²) < 4.78 is 2.27. The molecule has 0 unspecified atom stereocenters. The molecule has 1 N–H and O–H groups in total. The molecule has 2 aromatic heterocycles. The predicted molar refractivity (Wildman–Crippen MR) is 135 cm³/mol. The van der Waals surface area contributed by atoms with Crippen molar-refractivity contribution in [3.8, 4) is 5.69 Å². The van der Waals surface area contributed by atoms with Gasteiger partial charge in [-0.1, -0.05) is 6.07 Å². The van der Waals surface area contributed by atoms with Crippen LogP contribution in [0.2, 0.25) is 0 Å². The van der Waals surface area contributed by atoms with E-state index in [0.717, 1.165) is 36.0 Å². The van der Waals surface area contributed by atoms with Crippen molar-refractivity contribution >= 4 is 23.0 Å². The number of thiocarbonyl (C=S) groups is 1. The molecule has 1 saturated heterocycles. The molecule has 3 heterocycles. The Morgan fingerprint density at radius 1 is 1.00 bits per heavy atom. The van der Waals surface area contributed by atoms with Gasteiger partial charge in [0.15, 0.2) is 5.11 Å². The van der Waals surface area contributed by atoms with E-state index in [-0.39, 0.29) is 12.1 Å². The van der Waals surface area contributed by atoms with Crippen molar-refractivity contribution in [2.75, 3.05) is 46.2 Å². The largest absolute Gasteiger partial charge is 0.378 e. The summed E-state index contributed by atoms with van der Waals surface area (Å²) in [5.41, 5.74) is 4.53. The van der Waals surface area contributed by atoms with Gasteiger partial charge in [0.05, 0.1) is 17.8 Å². The molecule has 168 valence electrons. The number of benzene rings is 1. The van der Waals surface area contributed by atoms with Crippen molar-refractivity contribution < 1.29 is 0 Å². The first-order valence-electron chi connectivity index (χ1n) is 11.0. The first-order valence-corrected chi connectivity index (χ1v) is 11.4. The third kappa shape index (κ3) is 4.64. The van der Waals surface area contributed by atoms with Crippen molar-refractivity contribution in [2.24, 2.45) is 0 Å². The molecule has 1 fully saturated rings. The number of hydrogen-bond donors (Lipinski definition) is 1. The summed E-state index contributed by atoms with van der Waals surface area (Å²) in [6.07, 6.45) is 5.03. The second kappa shape index (κ2) is 9.71. The molecule has 0 radical (unpaired) electrons. The van der Waals surface area contributed by atoms with Crippen LogP contribution in [0.1, 0.15) is 29.9 Å². The molecule has 1 aliphatic heterocycles. The number of hydrogen-bond acceptors (Lipinski definition) is 4. The highest BCUT2D eigenvalue weighted by Gasteiger charge is 2.40. The summed E-state index contributed by atoms with van der Waals surface area (Å²) in [7, 11) is 8.34. The van der Waals surface area contributed by atoms with Crippen LogP contribution in [0.25, 0.3) is 5.69 Å². The van der Waals surface area contributed by atoms with Gasteiger partial charge in [-0.15, -0.1) is 0 Å². The maximum atomic E-state index is 5.81. The Labute approximate surface area is 196 Å². The van der Waals surface area contributed by atoms with E-state index >= 15 is 0 Å². The Balaban J connectivity index is 1.71. The maximum Gasteiger partial charge on any atom is 0.170 e. The minimum atomic E-state index is -0.00208. The molecule has 0 spiro atoms. The van der Waals surface area contributed by atoms with Crippen molar-refractivity contribution in [1.29, 1.82) is 0 Å². The van der Waals surface area contributed by atoms with Crippen LogP contribution in [0.3, 0.4) is 0 Å². The highest BCUT2D eigenvalue weighted by molar-refractivity contribution is 7.80. The zero-order valence-corrected chi connectivity index (χ0v) is 20.1. The Morgan fingerprint density at radius 3 is 2.44 bits per heavy atom. The van der Waals surface area contributed by atoms with Crippen LogP contribution in [-0.4, -0.2) is 65.7 Å². The van der Waals surface area contributed by atoms with Crippen LogP contribution in [0.4, 0.5) is 5.69 Å². The van der Waals surface area contributed by atoms with Crippen molar-refractivity contribution in [1.82, 2.24) is 24.7 Å². The molecule has 0 bridgehead atoms. The smallest absolute Gasteiger partial charge is 0.170 e. The molecule has 1 aliphatic rings. The standard InChI is InChI=1S/C25H32N6S/c1-28(2)16-8-18-31-24(23(27-25(31)32)21-9-5-6-15-26-21)22-10-7-17-30(22)20-13-11-19(12-14-20)29(3)4/h5-7,9-15,17,23-24H,8,16,18H2,1-4H3,(H,27,32)/t23-,24-/m0/s1. The third-order valence-electron chi connectivity index (χ3n) is 5.93. The lowest BCUT2D eigenvalue weighted by Gasteiger charge is -2.29. The zero-order chi connectivity index (χ0) is 22.7. The van der Waals surface area contributed by atoms with Crippen LogP contribution >= 0.6 is 12.2 Å². The lowest BCUT2D eigenvalue weighted by molar-refractivity contribution is 0.286. The number of pyridine rings is 1. The normalized spacial score (nSPS) is 18.3. The summed E-state index contributed by atoms with van der Waals surface area (Å²) >= 11 is 5.81. The highest BCUT2D eigenvalue weighted by Crippen LogP contribution is 2.39. The lowest BCUT2D eigenvalue weighted by atomic mass is 10.0. The van der Waals surface area contributed by atoms with Gasteiger partial charge < -0.3 is 24.6 Å². The fourth-order valence-corrected chi connectivity index (χ4v) is 4.64. The van der Waals surface area contributed by atoms with Gasteiger partial charge in [-0.2, -0.15) is 0 Å². The first-order chi connectivity index (χ1) is 15.5. The van der Waals surface area contributed by atoms with E-state index in [0.29, 0.717) is 0 Å². The number of anilines is 1. The third-order valence-corrected chi connectivity index (χ3v) is 6.28. The van der Waals surface area contributed by atoms with Crippen molar-refractivity contribution in [3.05, 3.63) is 78.4 Å². The minimum absolute atomic E-state index is 0.00208. The summed E-state index contributed by atoms with van der Waals surface area (Å²) in [5.74, 6) is 0. The average Bonchev–Trinajstić information content (AvgIpc) is 3.39. The van der Waals surface area contributed by atoms with Crippen LogP contribution in [0.15, 0.2) is 67.0 Å². The fourth-order valence-electron chi connectivity index (χ4n) is 4.31. The molecular weight excluding hydrogens is 416 g/mol. The van der Waals surface area contributed by atoms with Crippen molar-refractivity contribution in [2.45, 2.75) is 18.5 Å². The summed E-state index contributed by atoms with van der Waals surface area (Å²) in [4.78, 5) is 11.3. The Hall–Kier alpha value is -2.90. The number of aromatic nitrogens is 2. The molecular formula is C25H32N6S. The van der Waals surface area contributed by atoms with E-state index < -0.39 is 0 Å². The SMILES string of the molecule is CN(C)CCCN1C(=S)N[C@@H](c2ccccn2)[C@@H]1c1cccn1-c1ccc(N(C)C)cc1. The Morgan fingerprint density at radius 2 is 1.78 bits per heavy atom. The van der Waals surface area contributed by atoms with E-state index in [2.05, 4.69) is 106 Å². The maximum absolute atomic E-state index is 5.81. The Kier molecular flexibility index (Phi) is 6.77. The van der Waals surface area contributed by atoms with Gasteiger partial charge in [-0.3, -0.25) is 4.98 Å². The van der Waals surface area contributed by atoms with Crippen LogP contribution in [-0.2, 0) is 0 Å². The van der Waals surface area contributed by atoms with Gasteiger partial charge in [0.1, 0.15) is 0 Å². The fraction of sp³-hybridized carbons (Fsp3) is 0.360. The molecule has 7 heteroatoms. The molecule has 32 heavy (non-hydrogen) atoms. The van der Waals surface area contributed by atoms with E-state index in [1.165, 1.54) is 11.4 Å². The second-order valence-electron chi connectivity index (χ2n) is 8.69. The van der Waals surface area contributed by atoms with E-state index in [1.54, 1.807) is 0 Å². The minimum Gasteiger partial charge on any atom is -0.378 e. The number of nitrogens with zero attached hydrogens (tertiary/aromatic N) is 5. The molecule has 2 atom stereocenters. The van der Waals surface area contributed by atoms with Gasteiger partial charge in [0.2, 0.25) is 0 Å². The lowest BCUT2D eigenvalue weighted by Crippen LogP contribution is -2.33. The average molecular weight is 449 g/mol. The first kappa shape index (κ1) is 22.3. The van der Waals surface area contributed by atoms with Gasteiger partial charge in [-0.05, 0) is 87.8 Å². The molecule has 0 aliphatic carbocycles. The summed E-state index contributed by atoms with van der Waals surface area (Å²) in [5, 5.41) is 4.35. The second-order valence-corrected chi connectivity index (χ2v) is 9.08. The highest BCUT2D eigenvalue weighted by atomic mass is 32.1. The predicted octanol–water partition coefficient (Wildman–Crippen LogP) is 3.86. The molecule has 4 rings (SSSR count). The van der Waals surface area contributed by atoms with Crippen LogP contribution < -0.4 is 10.2 Å². The monoisotopic (exact) mass is 448 g/mol. The number of rotatable bonds is 8. The van der Waals surface area contributed by atoms with Gasteiger partial charge in [0.25, 0.3) is 0 Å². The molecule has 1 aromatic carbocycles. The Bertz CT molecular complexity index is 1030.